The van der Waals surface area contributed by atoms with Crippen molar-refractivity contribution in [1.29, 1.82) is 0 Å². The minimum Gasteiger partial charge on any atom is -0.396 e. The van der Waals surface area contributed by atoms with Gasteiger partial charge < -0.3 is 8.85 Å². The van der Waals surface area contributed by atoms with Crippen LogP contribution >= 0.6 is 0 Å². The van der Waals surface area contributed by atoms with Crippen LogP contribution in [0.25, 0.3) is 0 Å². The van der Waals surface area contributed by atoms with Crippen LogP contribution in [-0.4, -0.2) is 22.5 Å². The Morgan fingerprint density at radius 3 is 2.19 bits per heavy atom. The van der Waals surface area contributed by atoms with E-state index in [0.717, 1.165) is 37.5 Å². The van der Waals surface area contributed by atoms with Gasteiger partial charge in [-0.15, -0.1) is 0 Å². The van der Waals surface area contributed by atoms with E-state index in [9.17, 15) is 0 Å². The molecular weight excluding hydrogens is 216 g/mol. The third kappa shape index (κ3) is 4.98. The van der Waals surface area contributed by atoms with Crippen molar-refractivity contribution in [3.63, 3.8) is 0 Å². The van der Waals surface area contributed by atoms with Crippen molar-refractivity contribution in [2.45, 2.75) is 64.8 Å². The minimum atomic E-state index is -1.39. The van der Waals surface area contributed by atoms with Gasteiger partial charge in [0.2, 0.25) is 0 Å². The monoisotopic (exact) mass is 244 g/mol. The molecule has 0 aromatic heterocycles. The van der Waals surface area contributed by atoms with Gasteiger partial charge in [-0.2, -0.15) is 0 Å². The van der Waals surface area contributed by atoms with E-state index in [1.54, 1.807) is 0 Å². The van der Waals surface area contributed by atoms with Gasteiger partial charge in [-0.05, 0) is 31.6 Å². The van der Waals surface area contributed by atoms with Crippen LogP contribution in [0.15, 0.2) is 0 Å². The summed E-state index contributed by atoms with van der Waals surface area (Å²) in [4.78, 5) is 0. The molecule has 0 saturated heterocycles. The Bertz CT molecular complexity index is 167. The van der Waals surface area contributed by atoms with Gasteiger partial charge in [-0.1, -0.05) is 33.6 Å². The van der Waals surface area contributed by atoms with Gasteiger partial charge in [-0.3, -0.25) is 0 Å². The molecule has 2 atom stereocenters. The maximum atomic E-state index is 6.00. The smallest absolute Gasteiger partial charge is 0.324 e. The average Bonchev–Trinajstić information content (AvgIpc) is 2.29. The molecule has 2 unspecified atom stereocenters. The molecule has 0 spiro atoms. The fourth-order valence-corrected chi connectivity index (χ4v) is 5.29. The molecule has 2 nitrogen and oxygen atoms in total. The summed E-state index contributed by atoms with van der Waals surface area (Å²) < 4.78 is 12.0. The summed E-state index contributed by atoms with van der Waals surface area (Å²) in [6.07, 6.45) is 7.68. The van der Waals surface area contributed by atoms with Crippen LogP contribution in [-0.2, 0) is 8.85 Å². The lowest BCUT2D eigenvalue weighted by atomic mass is 9.90. The van der Waals surface area contributed by atoms with Crippen LogP contribution in [0.2, 0.25) is 5.54 Å². The highest BCUT2D eigenvalue weighted by atomic mass is 28.3. The third-order valence-electron chi connectivity index (χ3n) is 3.33. The summed E-state index contributed by atoms with van der Waals surface area (Å²) >= 11 is 0. The summed E-state index contributed by atoms with van der Waals surface area (Å²) in [5.74, 6) is 0.879. The van der Waals surface area contributed by atoms with Gasteiger partial charge in [0.25, 0.3) is 0 Å². The Balaban J connectivity index is 2.38. The highest BCUT2D eigenvalue weighted by Gasteiger charge is 2.30. The molecular formula is C13H28O2Si. The van der Waals surface area contributed by atoms with Crippen molar-refractivity contribution in [2.75, 3.05) is 13.2 Å². The van der Waals surface area contributed by atoms with Gasteiger partial charge in [0.15, 0.2) is 0 Å². The largest absolute Gasteiger partial charge is 0.396 e. The van der Waals surface area contributed by atoms with Gasteiger partial charge in [0.05, 0.1) is 0 Å². The zero-order chi connectivity index (χ0) is 11.8. The summed E-state index contributed by atoms with van der Waals surface area (Å²) in [5.41, 5.74) is 0.766. The third-order valence-corrected chi connectivity index (χ3v) is 5.84. The lowest BCUT2D eigenvalue weighted by Crippen LogP contribution is -2.32. The summed E-state index contributed by atoms with van der Waals surface area (Å²) in [6, 6.07) is 0. The maximum absolute atomic E-state index is 6.00. The van der Waals surface area contributed by atoms with E-state index in [0.29, 0.717) is 0 Å². The van der Waals surface area contributed by atoms with E-state index >= 15 is 0 Å². The van der Waals surface area contributed by atoms with E-state index < -0.39 is 9.28 Å². The zero-order valence-electron chi connectivity index (χ0n) is 11.2. The zero-order valence-corrected chi connectivity index (χ0v) is 12.4. The number of rotatable bonds is 7. The van der Waals surface area contributed by atoms with Crippen LogP contribution in [0.4, 0.5) is 0 Å². The fourth-order valence-electron chi connectivity index (χ4n) is 2.52. The second-order valence-electron chi connectivity index (χ2n) is 5.14. The first kappa shape index (κ1) is 14.2. The Hall–Kier alpha value is 0.137. The van der Waals surface area contributed by atoms with E-state index in [1.165, 1.54) is 25.7 Å². The SMILES string of the molecule is CCCO[SiH](OCCC)C1CCCC(C)C1. The number of hydrogen-bond acceptors (Lipinski definition) is 2. The van der Waals surface area contributed by atoms with E-state index in [-0.39, 0.29) is 0 Å². The molecule has 16 heavy (non-hydrogen) atoms. The Kier molecular flexibility index (Phi) is 7.33. The first-order valence-corrected chi connectivity index (χ1v) is 8.62. The molecule has 0 N–H and O–H groups in total. The van der Waals surface area contributed by atoms with Gasteiger partial charge in [0.1, 0.15) is 0 Å². The van der Waals surface area contributed by atoms with Crippen molar-refractivity contribution in [1.82, 2.24) is 0 Å². The molecule has 1 aliphatic carbocycles. The molecule has 96 valence electrons. The number of hydrogen-bond donors (Lipinski definition) is 0. The fraction of sp³-hybridized carbons (Fsp3) is 1.00. The highest BCUT2D eigenvalue weighted by Crippen LogP contribution is 2.35. The lowest BCUT2D eigenvalue weighted by molar-refractivity contribution is 0.175. The quantitative estimate of drug-likeness (QED) is 0.637. The van der Waals surface area contributed by atoms with E-state index in [2.05, 4.69) is 20.8 Å². The van der Waals surface area contributed by atoms with Crippen LogP contribution in [0.1, 0.15) is 59.3 Å². The van der Waals surface area contributed by atoms with E-state index in [1.807, 2.05) is 0 Å². The van der Waals surface area contributed by atoms with Gasteiger partial charge in [0, 0.05) is 18.8 Å². The van der Waals surface area contributed by atoms with Crippen molar-refractivity contribution in [3.8, 4) is 0 Å². The Morgan fingerprint density at radius 1 is 1.06 bits per heavy atom. The molecule has 0 aromatic carbocycles. The minimum absolute atomic E-state index is 0.766. The standard InChI is InChI=1S/C13H28O2Si/c1-4-9-14-16(15-10-5-2)13-8-6-7-12(3)11-13/h12-13,16H,4-11H2,1-3H3. The Labute approximate surface area is 103 Å². The second kappa shape index (κ2) is 8.26. The van der Waals surface area contributed by atoms with Crippen molar-refractivity contribution in [2.24, 2.45) is 5.92 Å². The molecule has 0 amide bonds. The molecule has 0 radical (unpaired) electrons. The molecule has 3 heteroatoms. The molecule has 0 aliphatic heterocycles. The molecule has 1 fully saturated rings. The van der Waals surface area contributed by atoms with Crippen LogP contribution in [0, 0.1) is 5.92 Å². The van der Waals surface area contributed by atoms with Crippen molar-refractivity contribution < 1.29 is 8.85 Å². The maximum Gasteiger partial charge on any atom is 0.324 e. The van der Waals surface area contributed by atoms with Gasteiger partial charge in [-0.25, -0.2) is 0 Å². The predicted octanol–water partition coefficient (Wildman–Crippen LogP) is 3.64. The van der Waals surface area contributed by atoms with Crippen LogP contribution in [0.5, 0.6) is 0 Å². The highest BCUT2D eigenvalue weighted by molar-refractivity contribution is 6.46. The Morgan fingerprint density at radius 2 is 1.69 bits per heavy atom. The van der Waals surface area contributed by atoms with Crippen molar-refractivity contribution >= 4 is 9.28 Å². The van der Waals surface area contributed by atoms with Crippen LogP contribution in [0.3, 0.4) is 0 Å². The molecule has 1 aliphatic rings. The second-order valence-corrected chi connectivity index (χ2v) is 7.49. The molecule has 1 rings (SSSR count). The molecule has 1 saturated carbocycles. The average molecular weight is 244 g/mol. The van der Waals surface area contributed by atoms with Gasteiger partial charge >= 0.3 is 9.28 Å². The summed E-state index contributed by atoms with van der Waals surface area (Å²) in [6.45, 7) is 8.51. The van der Waals surface area contributed by atoms with Crippen molar-refractivity contribution in [3.05, 3.63) is 0 Å². The first-order chi connectivity index (χ1) is 7.77. The topological polar surface area (TPSA) is 18.5 Å². The molecule has 0 bridgehead atoms. The van der Waals surface area contributed by atoms with E-state index in [4.69, 9.17) is 8.85 Å². The molecule has 0 heterocycles. The first-order valence-electron chi connectivity index (χ1n) is 7.01. The summed E-state index contributed by atoms with van der Waals surface area (Å²) in [7, 11) is -1.39. The molecule has 0 aromatic rings. The van der Waals surface area contributed by atoms with Crippen LogP contribution < -0.4 is 0 Å². The summed E-state index contributed by atoms with van der Waals surface area (Å²) in [5, 5.41) is 0. The normalized spacial score (nSPS) is 26.2. The predicted molar refractivity (Wildman–Crippen MR) is 71.0 cm³/mol. The lowest BCUT2D eigenvalue weighted by Gasteiger charge is -2.31.